The van der Waals surface area contributed by atoms with Crippen molar-refractivity contribution in [1.29, 1.82) is 0 Å². The zero-order valence-corrected chi connectivity index (χ0v) is 18.8. The molecule has 2 heterocycles. The summed E-state index contributed by atoms with van der Waals surface area (Å²) in [6.07, 6.45) is 8.47. The summed E-state index contributed by atoms with van der Waals surface area (Å²) in [6, 6.07) is 6.41. The van der Waals surface area contributed by atoms with Crippen LogP contribution in [0.4, 0.5) is 0 Å². The van der Waals surface area contributed by atoms with E-state index in [0.29, 0.717) is 6.54 Å². The van der Waals surface area contributed by atoms with Crippen molar-refractivity contribution in [3.8, 4) is 0 Å². The summed E-state index contributed by atoms with van der Waals surface area (Å²) < 4.78 is 5.08. The summed E-state index contributed by atoms with van der Waals surface area (Å²) in [7, 11) is 0. The Morgan fingerprint density at radius 2 is 2.00 bits per heavy atom. The van der Waals surface area contributed by atoms with E-state index in [9.17, 15) is 14.4 Å². The lowest BCUT2D eigenvalue weighted by atomic mass is 9.95. The van der Waals surface area contributed by atoms with Gasteiger partial charge in [0.1, 0.15) is 6.04 Å². The van der Waals surface area contributed by atoms with Gasteiger partial charge in [-0.2, -0.15) is 0 Å². The number of carbonyl (C=O) groups excluding carboxylic acids is 3. The Hall–Kier alpha value is -2.61. The van der Waals surface area contributed by atoms with Crippen LogP contribution >= 0.6 is 11.3 Å². The summed E-state index contributed by atoms with van der Waals surface area (Å²) in [4.78, 5) is 41.1. The molecule has 31 heavy (non-hydrogen) atoms. The molecule has 0 saturated heterocycles. The summed E-state index contributed by atoms with van der Waals surface area (Å²) in [5.41, 5.74) is 0. The van der Waals surface area contributed by atoms with E-state index in [1.165, 1.54) is 24.0 Å². The fraction of sp³-hybridized carbons (Fsp3) is 0.522. The highest BCUT2D eigenvalue weighted by molar-refractivity contribution is 7.10. The number of amides is 3. The van der Waals surface area contributed by atoms with Crippen LogP contribution in [0.5, 0.6) is 0 Å². The number of thiophene rings is 1. The predicted molar refractivity (Wildman–Crippen MR) is 120 cm³/mol. The van der Waals surface area contributed by atoms with Gasteiger partial charge in [0.2, 0.25) is 11.8 Å². The fourth-order valence-corrected chi connectivity index (χ4v) is 4.71. The van der Waals surface area contributed by atoms with Crippen LogP contribution < -0.4 is 10.6 Å². The van der Waals surface area contributed by atoms with Crippen LogP contribution in [0.2, 0.25) is 0 Å². The highest BCUT2D eigenvalue weighted by Crippen LogP contribution is 2.27. The van der Waals surface area contributed by atoms with E-state index in [1.54, 1.807) is 17.0 Å². The summed E-state index contributed by atoms with van der Waals surface area (Å²) >= 11 is 1.47. The average Bonchev–Trinajstić information content (AvgIpc) is 3.50. The quantitative estimate of drug-likeness (QED) is 0.580. The molecule has 2 N–H and O–H groups in total. The molecule has 8 heteroatoms. The number of nitrogens with one attached hydrogen (secondary N) is 2. The van der Waals surface area contributed by atoms with Crippen LogP contribution in [0.3, 0.4) is 0 Å². The van der Waals surface area contributed by atoms with E-state index in [2.05, 4.69) is 10.6 Å². The molecule has 1 atom stereocenters. The zero-order valence-electron chi connectivity index (χ0n) is 18.0. The largest absolute Gasteiger partial charge is 0.459 e. The second-order valence-corrected chi connectivity index (χ2v) is 8.84. The van der Waals surface area contributed by atoms with Gasteiger partial charge in [-0.15, -0.1) is 11.3 Å². The van der Waals surface area contributed by atoms with Gasteiger partial charge >= 0.3 is 0 Å². The topological polar surface area (TPSA) is 91.7 Å². The smallest absolute Gasteiger partial charge is 0.287 e. The molecule has 3 rings (SSSR count). The maximum Gasteiger partial charge on any atom is 0.287 e. The van der Waals surface area contributed by atoms with Gasteiger partial charge in [-0.25, -0.2) is 0 Å². The molecule has 3 amide bonds. The van der Waals surface area contributed by atoms with Gasteiger partial charge in [-0.05, 0) is 42.8 Å². The van der Waals surface area contributed by atoms with Crippen molar-refractivity contribution in [3.05, 3.63) is 46.5 Å². The molecule has 1 saturated carbocycles. The molecule has 1 aliphatic carbocycles. The number of carbonyl (C=O) groups is 3. The van der Waals surface area contributed by atoms with Crippen LogP contribution in [0.1, 0.15) is 73.3 Å². The van der Waals surface area contributed by atoms with E-state index in [1.807, 2.05) is 24.4 Å². The highest BCUT2D eigenvalue weighted by atomic mass is 32.1. The summed E-state index contributed by atoms with van der Waals surface area (Å²) in [5.74, 6) is -0.729. The maximum absolute atomic E-state index is 13.3. The minimum absolute atomic E-state index is 0.142. The maximum atomic E-state index is 13.3. The molecule has 0 aromatic carbocycles. The van der Waals surface area contributed by atoms with E-state index in [-0.39, 0.29) is 30.2 Å². The first-order valence-electron chi connectivity index (χ1n) is 11.0. The van der Waals surface area contributed by atoms with Crippen LogP contribution in [0.25, 0.3) is 0 Å². The fourth-order valence-electron chi connectivity index (χ4n) is 3.88. The van der Waals surface area contributed by atoms with Gasteiger partial charge in [-0.3, -0.25) is 14.4 Å². The Bertz CT molecular complexity index is 829. The summed E-state index contributed by atoms with van der Waals surface area (Å²) in [5, 5.41) is 7.70. The van der Waals surface area contributed by atoms with Crippen LogP contribution in [-0.2, 0) is 9.59 Å². The molecule has 7 nitrogen and oxygen atoms in total. The lowest BCUT2D eigenvalue weighted by molar-refractivity contribution is -0.140. The molecule has 2 aromatic rings. The molecular weight excluding hydrogens is 414 g/mol. The first kappa shape index (κ1) is 23.1. The Kier molecular flexibility index (Phi) is 8.70. The standard InChI is InChI=1S/C23H31N3O4S/c1-2-3-13-26(20(27)16-24-22(28)18-11-7-14-30-18)21(19-12-8-15-31-19)23(29)25-17-9-5-4-6-10-17/h7-8,11-12,14-15,17,21H,2-6,9-10,13,16H2,1H3,(H,24,28)(H,25,29)/t21-/m0/s1. The van der Waals surface area contributed by atoms with E-state index >= 15 is 0 Å². The van der Waals surface area contributed by atoms with Gasteiger partial charge in [0.15, 0.2) is 5.76 Å². The minimum atomic E-state index is -0.693. The molecule has 0 spiro atoms. The Morgan fingerprint density at radius 3 is 2.65 bits per heavy atom. The van der Waals surface area contributed by atoms with Crippen molar-refractivity contribution in [1.82, 2.24) is 15.5 Å². The van der Waals surface area contributed by atoms with E-state index in [4.69, 9.17) is 4.42 Å². The van der Waals surface area contributed by atoms with Crippen molar-refractivity contribution in [2.45, 2.75) is 64.0 Å². The second kappa shape index (κ2) is 11.7. The summed E-state index contributed by atoms with van der Waals surface area (Å²) in [6.45, 7) is 2.30. The molecule has 0 aliphatic heterocycles. The zero-order chi connectivity index (χ0) is 22.1. The number of furan rings is 1. The van der Waals surface area contributed by atoms with Crippen molar-refractivity contribution in [2.75, 3.05) is 13.1 Å². The molecule has 0 unspecified atom stereocenters. The van der Waals surface area contributed by atoms with Gasteiger partial charge < -0.3 is 20.0 Å². The highest BCUT2D eigenvalue weighted by Gasteiger charge is 2.33. The third-order valence-corrected chi connectivity index (χ3v) is 6.47. The van der Waals surface area contributed by atoms with Crippen molar-refractivity contribution in [2.24, 2.45) is 0 Å². The van der Waals surface area contributed by atoms with Gasteiger partial charge in [-0.1, -0.05) is 38.7 Å². The molecule has 0 bridgehead atoms. The number of nitrogens with zero attached hydrogens (tertiary/aromatic N) is 1. The second-order valence-electron chi connectivity index (χ2n) is 7.86. The van der Waals surface area contributed by atoms with Crippen molar-refractivity contribution < 1.29 is 18.8 Å². The SMILES string of the molecule is CCCCN(C(=O)CNC(=O)c1ccco1)[C@H](C(=O)NC1CCCCC1)c1cccs1. The van der Waals surface area contributed by atoms with Gasteiger partial charge in [0, 0.05) is 17.5 Å². The third kappa shape index (κ3) is 6.43. The molecular formula is C23H31N3O4S. The first-order valence-corrected chi connectivity index (χ1v) is 11.9. The van der Waals surface area contributed by atoms with Gasteiger partial charge in [0.25, 0.3) is 5.91 Å². The molecule has 1 fully saturated rings. The molecule has 2 aromatic heterocycles. The molecule has 1 aliphatic rings. The Morgan fingerprint density at radius 1 is 1.19 bits per heavy atom. The predicted octanol–water partition coefficient (Wildman–Crippen LogP) is 3.89. The van der Waals surface area contributed by atoms with Crippen LogP contribution in [0.15, 0.2) is 40.3 Å². The third-order valence-electron chi connectivity index (χ3n) is 5.54. The molecule has 168 valence electrons. The monoisotopic (exact) mass is 445 g/mol. The van der Waals surface area contributed by atoms with Gasteiger partial charge in [0.05, 0.1) is 12.8 Å². The lowest BCUT2D eigenvalue weighted by Crippen LogP contribution is -2.49. The first-order chi connectivity index (χ1) is 15.1. The molecule has 0 radical (unpaired) electrons. The van der Waals surface area contributed by atoms with E-state index < -0.39 is 11.9 Å². The number of rotatable bonds is 10. The van der Waals surface area contributed by atoms with Crippen molar-refractivity contribution in [3.63, 3.8) is 0 Å². The number of hydrogen-bond acceptors (Lipinski definition) is 5. The lowest BCUT2D eigenvalue weighted by Gasteiger charge is -2.32. The Balaban J connectivity index is 1.74. The minimum Gasteiger partial charge on any atom is -0.459 e. The van der Waals surface area contributed by atoms with Crippen molar-refractivity contribution >= 4 is 29.1 Å². The number of hydrogen-bond donors (Lipinski definition) is 2. The van der Waals surface area contributed by atoms with E-state index in [0.717, 1.165) is 43.4 Å². The average molecular weight is 446 g/mol. The normalized spacial score (nSPS) is 15.3. The van der Waals surface area contributed by atoms with Crippen LogP contribution in [0, 0.1) is 0 Å². The van der Waals surface area contributed by atoms with Crippen LogP contribution in [-0.4, -0.2) is 41.8 Å². The Labute approximate surface area is 187 Å². The number of unbranched alkanes of at least 4 members (excludes halogenated alkanes) is 1.